The van der Waals surface area contributed by atoms with Gasteiger partial charge in [-0.25, -0.2) is 0 Å². The average molecular weight is 306 g/mol. The van der Waals surface area contributed by atoms with Gasteiger partial charge in [-0.1, -0.05) is 37.6 Å². The maximum atomic E-state index is 12.2. The van der Waals surface area contributed by atoms with Crippen LogP contribution in [-0.2, 0) is 9.53 Å². The molecule has 0 spiro atoms. The number of carbonyl (C=O) groups is 1. The fourth-order valence-electron chi connectivity index (χ4n) is 3.28. The third kappa shape index (κ3) is 6.81. The zero-order valence-corrected chi connectivity index (χ0v) is 15.2. The lowest BCUT2D eigenvalue weighted by molar-refractivity contribution is -0.154. The summed E-state index contributed by atoms with van der Waals surface area (Å²) in [5.74, 6) is 1.34. The summed E-state index contributed by atoms with van der Waals surface area (Å²) in [5, 5.41) is 0. The van der Waals surface area contributed by atoms with E-state index < -0.39 is 0 Å². The van der Waals surface area contributed by atoms with Crippen LogP contribution in [0.4, 0.5) is 0 Å². The van der Waals surface area contributed by atoms with E-state index in [1.165, 1.54) is 12.0 Å². The molecule has 22 heavy (non-hydrogen) atoms. The van der Waals surface area contributed by atoms with Gasteiger partial charge in [-0.3, -0.25) is 4.79 Å². The van der Waals surface area contributed by atoms with Crippen molar-refractivity contribution in [3.05, 3.63) is 23.8 Å². The molecule has 1 aliphatic carbocycles. The van der Waals surface area contributed by atoms with Crippen molar-refractivity contribution >= 4 is 5.97 Å². The summed E-state index contributed by atoms with van der Waals surface area (Å²) >= 11 is 0. The van der Waals surface area contributed by atoms with Crippen LogP contribution in [0.5, 0.6) is 0 Å². The van der Waals surface area contributed by atoms with E-state index in [0.29, 0.717) is 24.2 Å². The zero-order chi connectivity index (χ0) is 16.7. The van der Waals surface area contributed by atoms with Gasteiger partial charge in [0.25, 0.3) is 0 Å². The van der Waals surface area contributed by atoms with E-state index in [2.05, 4.69) is 47.3 Å². The second-order valence-electron chi connectivity index (χ2n) is 7.57. The van der Waals surface area contributed by atoms with Gasteiger partial charge < -0.3 is 4.74 Å². The minimum Gasteiger partial charge on any atom is -0.462 e. The molecule has 0 aromatic rings. The number of hydrogen-bond donors (Lipinski definition) is 0. The first-order chi connectivity index (χ1) is 10.3. The minimum atomic E-state index is -0.0324. The van der Waals surface area contributed by atoms with Crippen molar-refractivity contribution in [3.8, 4) is 0 Å². The molecule has 0 radical (unpaired) electrons. The number of rotatable bonds is 7. The van der Waals surface area contributed by atoms with Crippen molar-refractivity contribution in [2.75, 3.05) is 0 Å². The lowest BCUT2D eigenvalue weighted by atomic mass is 9.77. The summed E-state index contributed by atoms with van der Waals surface area (Å²) in [4.78, 5) is 12.2. The van der Waals surface area contributed by atoms with Gasteiger partial charge in [0.05, 0.1) is 0 Å². The maximum Gasteiger partial charge on any atom is 0.306 e. The molecule has 1 fully saturated rings. The Morgan fingerprint density at radius 1 is 1.32 bits per heavy atom. The first-order valence-corrected chi connectivity index (χ1v) is 8.77. The van der Waals surface area contributed by atoms with Crippen LogP contribution in [0.3, 0.4) is 0 Å². The van der Waals surface area contributed by atoms with Crippen LogP contribution >= 0.6 is 0 Å². The molecule has 0 saturated heterocycles. The molecule has 1 saturated carbocycles. The Hall–Kier alpha value is -1.05. The minimum absolute atomic E-state index is 0.0324. The van der Waals surface area contributed by atoms with Crippen LogP contribution in [0.2, 0.25) is 0 Å². The van der Waals surface area contributed by atoms with E-state index in [4.69, 9.17) is 4.74 Å². The molecule has 2 heteroatoms. The van der Waals surface area contributed by atoms with Crippen LogP contribution in [0.15, 0.2) is 23.8 Å². The summed E-state index contributed by atoms with van der Waals surface area (Å²) in [7, 11) is 0. The second kappa shape index (κ2) is 9.17. The molecule has 0 N–H and O–H groups in total. The van der Waals surface area contributed by atoms with Gasteiger partial charge in [-0.05, 0) is 64.7 Å². The van der Waals surface area contributed by atoms with Crippen LogP contribution in [0.25, 0.3) is 0 Å². The summed E-state index contributed by atoms with van der Waals surface area (Å²) in [6.45, 7) is 14.8. The molecule has 1 aliphatic rings. The van der Waals surface area contributed by atoms with Crippen molar-refractivity contribution in [3.63, 3.8) is 0 Å². The van der Waals surface area contributed by atoms with E-state index in [-0.39, 0.29) is 12.1 Å². The largest absolute Gasteiger partial charge is 0.462 e. The Bertz CT molecular complexity index is 404. The highest BCUT2D eigenvalue weighted by molar-refractivity contribution is 5.69. The number of ether oxygens (including phenoxy) is 1. The Labute approximate surface area is 137 Å². The highest BCUT2D eigenvalue weighted by Crippen LogP contribution is 2.35. The quantitative estimate of drug-likeness (QED) is 0.446. The van der Waals surface area contributed by atoms with Gasteiger partial charge in [0.2, 0.25) is 0 Å². The topological polar surface area (TPSA) is 26.3 Å². The van der Waals surface area contributed by atoms with Crippen LogP contribution in [0, 0.1) is 17.8 Å². The van der Waals surface area contributed by atoms with Crippen LogP contribution in [0.1, 0.15) is 73.1 Å². The first-order valence-electron chi connectivity index (χ1n) is 8.77. The summed E-state index contributed by atoms with van der Waals surface area (Å²) in [6, 6.07) is 0. The average Bonchev–Trinajstić information content (AvgIpc) is 2.37. The Balaban J connectivity index is 2.44. The third-order valence-electron chi connectivity index (χ3n) is 4.70. The van der Waals surface area contributed by atoms with Crippen molar-refractivity contribution in [1.82, 2.24) is 0 Å². The van der Waals surface area contributed by atoms with E-state index in [9.17, 15) is 4.79 Å². The highest BCUT2D eigenvalue weighted by Gasteiger charge is 2.32. The van der Waals surface area contributed by atoms with Gasteiger partial charge in [0.15, 0.2) is 0 Å². The van der Waals surface area contributed by atoms with E-state index in [1.54, 1.807) is 0 Å². The summed E-state index contributed by atoms with van der Waals surface area (Å²) in [5.41, 5.74) is 2.50. The fraction of sp³-hybridized carbons (Fsp3) is 0.750. The number of allylic oxidation sites excluding steroid dienone is 2. The molecule has 4 atom stereocenters. The van der Waals surface area contributed by atoms with Gasteiger partial charge >= 0.3 is 5.97 Å². The molecule has 0 heterocycles. The number of carbonyl (C=O) groups excluding carboxylic acids is 1. The molecule has 0 aliphatic heterocycles. The lowest BCUT2D eigenvalue weighted by Crippen LogP contribution is -2.33. The van der Waals surface area contributed by atoms with Crippen LogP contribution in [-0.4, -0.2) is 12.1 Å². The smallest absolute Gasteiger partial charge is 0.306 e. The molecule has 1 rings (SSSR count). The molecule has 2 nitrogen and oxygen atoms in total. The molecule has 0 aromatic heterocycles. The SMILES string of the molecule is C=C(C)C1CCC(C)C[C@H]1OC(=O)CC(C)CCC=C(C)C. The number of esters is 1. The molecule has 0 amide bonds. The van der Waals surface area contributed by atoms with Gasteiger partial charge in [-0.2, -0.15) is 0 Å². The monoisotopic (exact) mass is 306 g/mol. The van der Waals surface area contributed by atoms with Crippen molar-refractivity contribution in [2.45, 2.75) is 79.2 Å². The highest BCUT2D eigenvalue weighted by atomic mass is 16.5. The van der Waals surface area contributed by atoms with E-state index >= 15 is 0 Å². The van der Waals surface area contributed by atoms with Crippen molar-refractivity contribution in [1.29, 1.82) is 0 Å². The Morgan fingerprint density at radius 3 is 2.59 bits per heavy atom. The Morgan fingerprint density at radius 2 is 2.00 bits per heavy atom. The summed E-state index contributed by atoms with van der Waals surface area (Å²) in [6.07, 6.45) is 8.20. The molecule has 0 aromatic carbocycles. The molecule has 0 bridgehead atoms. The van der Waals surface area contributed by atoms with Gasteiger partial charge in [-0.15, -0.1) is 0 Å². The second-order valence-corrected chi connectivity index (χ2v) is 7.57. The van der Waals surface area contributed by atoms with Crippen molar-refractivity contribution in [2.24, 2.45) is 17.8 Å². The van der Waals surface area contributed by atoms with Crippen LogP contribution < -0.4 is 0 Å². The third-order valence-corrected chi connectivity index (χ3v) is 4.70. The molecular formula is C20H34O2. The molecular weight excluding hydrogens is 272 g/mol. The van der Waals surface area contributed by atoms with E-state index in [1.807, 2.05) is 0 Å². The fourth-order valence-corrected chi connectivity index (χ4v) is 3.28. The standard InChI is InChI=1S/C20H34O2/c1-14(2)8-7-9-16(5)13-20(21)22-19-12-17(6)10-11-18(19)15(3)4/h8,16-19H,3,7,9-13H2,1-2,4-6H3/t16?,17?,18?,19-/m1/s1. The van der Waals surface area contributed by atoms with Gasteiger partial charge in [0, 0.05) is 12.3 Å². The van der Waals surface area contributed by atoms with E-state index in [0.717, 1.165) is 31.3 Å². The lowest BCUT2D eigenvalue weighted by Gasteiger charge is -2.35. The first kappa shape index (κ1) is 19.0. The predicted octanol–water partition coefficient (Wildman–Crippen LogP) is 5.68. The van der Waals surface area contributed by atoms with Gasteiger partial charge in [0.1, 0.15) is 6.10 Å². The number of hydrogen-bond acceptors (Lipinski definition) is 2. The maximum absolute atomic E-state index is 12.2. The summed E-state index contributed by atoms with van der Waals surface area (Å²) < 4.78 is 5.82. The predicted molar refractivity (Wildman–Crippen MR) is 93.6 cm³/mol. The zero-order valence-electron chi connectivity index (χ0n) is 15.2. The van der Waals surface area contributed by atoms with Crippen molar-refractivity contribution < 1.29 is 9.53 Å². The Kier molecular flexibility index (Phi) is 7.92. The normalized spacial score (nSPS) is 26.1. The molecule has 126 valence electrons. The molecule has 3 unspecified atom stereocenters.